The van der Waals surface area contributed by atoms with Crippen LogP contribution in [-0.2, 0) is 17.1 Å². The highest BCUT2D eigenvalue weighted by Crippen LogP contribution is 2.18. The van der Waals surface area contributed by atoms with Gasteiger partial charge in [-0.15, -0.1) is 0 Å². The Hall–Kier alpha value is -1.34. The number of nitrogens with zero attached hydrogens (tertiary/aromatic N) is 2. The van der Waals surface area contributed by atoms with Crippen molar-refractivity contribution in [1.82, 2.24) is 9.78 Å². The second-order valence-corrected chi connectivity index (χ2v) is 6.45. The van der Waals surface area contributed by atoms with Crippen LogP contribution in [0.15, 0.2) is 39.7 Å². The number of halogens is 1. The molecule has 0 spiro atoms. The van der Waals surface area contributed by atoms with Crippen LogP contribution in [0.2, 0.25) is 0 Å². The topological polar surface area (TPSA) is 64.0 Å². The first-order valence-electron chi connectivity index (χ1n) is 5.17. The average molecular weight is 330 g/mol. The number of benzene rings is 1. The fraction of sp³-hybridized carbons (Fsp3) is 0.182. The molecule has 0 saturated heterocycles. The minimum Gasteiger partial charge on any atom is -0.264 e. The zero-order chi connectivity index (χ0) is 13.3. The van der Waals surface area contributed by atoms with Crippen molar-refractivity contribution in [1.29, 1.82) is 0 Å². The van der Waals surface area contributed by atoms with E-state index in [2.05, 4.69) is 25.8 Å². The second-order valence-electron chi connectivity index (χ2n) is 3.85. The molecule has 2 rings (SSSR count). The summed E-state index contributed by atoms with van der Waals surface area (Å²) in [4.78, 5) is 0.213. The van der Waals surface area contributed by atoms with Crippen molar-refractivity contribution in [3.05, 3.63) is 40.5 Å². The van der Waals surface area contributed by atoms with Gasteiger partial charge in [0.1, 0.15) is 5.82 Å². The van der Waals surface area contributed by atoms with Crippen molar-refractivity contribution in [3.63, 3.8) is 0 Å². The van der Waals surface area contributed by atoms with Crippen LogP contribution in [-0.4, -0.2) is 18.2 Å². The van der Waals surface area contributed by atoms with E-state index < -0.39 is 10.0 Å². The van der Waals surface area contributed by atoms with Gasteiger partial charge in [-0.25, -0.2) is 8.42 Å². The lowest BCUT2D eigenvalue weighted by molar-refractivity contribution is 0.600. The van der Waals surface area contributed by atoms with Crippen LogP contribution in [0.4, 0.5) is 5.82 Å². The molecule has 2 aromatic rings. The predicted octanol–water partition coefficient (Wildman–Crippen LogP) is 2.29. The Kier molecular flexibility index (Phi) is 3.45. The molecule has 0 atom stereocenters. The largest absolute Gasteiger partial charge is 0.264 e. The molecule has 0 aliphatic heterocycles. The highest BCUT2D eigenvalue weighted by atomic mass is 79.9. The van der Waals surface area contributed by atoms with Crippen LogP contribution in [0.3, 0.4) is 0 Å². The fourth-order valence-corrected chi connectivity index (χ4v) is 2.86. The van der Waals surface area contributed by atoms with Gasteiger partial charge in [-0.1, -0.05) is 15.9 Å². The highest BCUT2D eigenvalue weighted by molar-refractivity contribution is 9.10. The van der Waals surface area contributed by atoms with Crippen molar-refractivity contribution >= 4 is 31.8 Å². The van der Waals surface area contributed by atoms with Gasteiger partial charge in [0, 0.05) is 17.6 Å². The third kappa shape index (κ3) is 2.73. The molecular weight excluding hydrogens is 318 g/mol. The lowest BCUT2D eigenvalue weighted by Crippen LogP contribution is -2.15. The standard InChI is InChI=1S/C11H12BrN3O2S/c1-8-7-11(15(2)13-8)14-18(16,17)10-5-3-9(12)4-6-10/h3-7,14H,1-2H3. The third-order valence-corrected chi connectivity index (χ3v) is 4.26. The van der Waals surface area contributed by atoms with E-state index >= 15 is 0 Å². The predicted molar refractivity (Wildman–Crippen MR) is 72.9 cm³/mol. The van der Waals surface area contributed by atoms with Gasteiger partial charge in [0.25, 0.3) is 10.0 Å². The van der Waals surface area contributed by atoms with Crippen molar-refractivity contribution < 1.29 is 8.42 Å². The number of anilines is 1. The minimum atomic E-state index is -3.57. The van der Waals surface area contributed by atoms with Gasteiger partial charge in [-0.3, -0.25) is 9.40 Å². The third-order valence-electron chi connectivity index (χ3n) is 2.36. The number of aryl methyl sites for hydroxylation is 2. The van der Waals surface area contributed by atoms with Gasteiger partial charge in [0.15, 0.2) is 0 Å². The Morgan fingerprint density at radius 3 is 2.39 bits per heavy atom. The van der Waals surface area contributed by atoms with E-state index in [9.17, 15) is 8.42 Å². The van der Waals surface area contributed by atoms with Gasteiger partial charge in [-0.05, 0) is 31.2 Å². The molecule has 0 fully saturated rings. The van der Waals surface area contributed by atoms with Gasteiger partial charge >= 0.3 is 0 Å². The van der Waals surface area contributed by atoms with Crippen molar-refractivity contribution in [3.8, 4) is 0 Å². The van der Waals surface area contributed by atoms with Crippen LogP contribution in [0.5, 0.6) is 0 Å². The Bertz CT molecular complexity index is 662. The van der Waals surface area contributed by atoms with Crippen molar-refractivity contribution in [2.45, 2.75) is 11.8 Å². The first-order valence-corrected chi connectivity index (χ1v) is 7.45. The molecule has 1 aromatic heterocycles. The van der Waals surface area contributed by atoms with E-state index in [0.29, 0.717) is 5.82 Å². The molecule has 7 heteroatoms. The lowest BCUT2D eigenvalue weighted by atomic mass is 10.4. The summed E-state index contributed by atoms with van der Waals surface area (Å²) in [5, 5.41) is 4.09. The molecule has 0 aliphatic rings. The zero-order valence-corrected chi connectivity index (χ0v) is 12.3. The number of hydrogen-bond donors (Lipinski definition) is 1. The Balaban J connectivity index is 2.33. The quantitative estimate of drug-likeness (QED) is 0.939. The molecule has 0 unspecified atom stereocenters. The number of nitrogens with one attached hydrogen (secondary N) is 1. The summed E-state index contributed by atoms with van der Waals surface area (Å²) in [7, 11) is -1.88. The van der Waals surface area contributed by atoms with E-state index in [1.807, 2.05) is 0 Å². The molecular formula is C11H12BrN3O2S. The summed E-state index contributed by atoms with van der Waals surface area (Å²) in [5.41, 5.74) is 0.756. The average Bonchev–Trinajstić information content (AvgIpc) is 2.57. The minimum absolute atomic E-state index is 0.213. The van der Waals surface area contributed by atoms with Crippen LogP contribution in [0.25, 0.3) is 0 Å². The van der Waals surface area contributed by atoms with Crippen LogP contribution >= 0.6 is 15.9 Å². The van der Waals surface area contributed by atoms with Gasteiger partial charge in [0.2, 0.25) is 0 Å². The Labute approximate surface area is 114 Å². The van der Waals surface area contributed by atoms with E-state index in [1.165, 1.54) is 16.8 Å². The summed E-state index contributed by atoms with van der Waals surface area (Å²) in [6, 6.07) is 8.12. The maximum Gasteiger partial charge on any atom is 0.263 e. The first-order chi connectivity index (χ1) is 8.38. The number of aromatic nitrogens is 2. The molecule has 1 aromatic carbocycles. The summed E-state index contributed by atoms with van der Waals surface area (Å²) in [5.74, 6) is 0.440. The van der Waals surface area contributed by atoms with Gasteiger partial charge in [-0.2, -0.15) is 5.10 Å². The Morgan fingerprint density at radius 2 is 1.89 bits per heavy atom. The number of sulfonamides is 1. The normalized spacial score (nSPS) is 11.5. The van der Waals surface area contributed by atoms with Gasteiger partial charge in [0.05, 0.1) is 10.6 Å². The number of hydrogen-bond acceptors (Lipinski definition) is 3. The van der Waals surface area contributed by atoms with Crippen LogP contribution < -0.4 is 4.72 Å². The monoisotopic (exact) mass is 329 g/mol. The first kappa shape index (κ1) is 13.1. The summed E-state index contributed by atoms with van der Waals surface area (Å²) in [6.45, 7) is 1.80. The Morgan fingerprint density at radius 1 is 1.28 bits per heavy atom. The van der Waals surface area contributed by atoms with Crippen LogP contribution in [0.1, 0.15) is 5.69 Å². The fourth-order valence-electron chi connectivity index (χ4n) is 1.52. The van der Waals surface area contributed by atoms with Crippen molar-refractivity contribution in [2.75, 3.05) is 4.72 Å². The van der Waals surface area contributed by atoms with Crippen molar-refractivity contribution in [2.24, 2.45) is 7.05 Å². The molecule has 0 amide bonds. The lowest BCUT2D eigenvalue weighted by Gasteiger charge is -2.07. The van der Waals surface area contributed by atoms with E-state index in [4.69, 9.17) is 0 Å². The molecule has 0 bridgehead atoms. The van der Waals surface area contributed by atoms with Gasteiger partial charge < -0.3 is 0 Å². The number of rotatable bonds is 3. The summed E-state index contributed by atoms with van der Waals surface area (Å²) < 4.78 is 29.0. The van der Waals surface area contributed by atoms with Crippen LogP contribution in [0, 0.1) is 6.92 Å². The molecule has 96 valence electrons. The van der Waals surface area contributed by atoms with E-state index in [0.717, 1.165) is 10.2 Å². The molecule has 1 heterocycles. The molecule has 18 heavy (non-hydrogen) atoms. The summed E-state index contributed by atoms with van der Waals surface area (Å²) >= 11 is 3.26. The molecule has 0 radical (unpaired) electrons. The zero-order valence-electron chi connectivity index (χ0n) is 9.88. The second kappa shape index (κ2) is 4.74. The smallest absolute Gasteiger partial charge is 0.263 e. The maximum atomic E-state index is 12.1. The molecule has 5 nitrogen and oxygen atoms in total. The van der Waals surface area contributed by atoms with E-state index in [1.54, 1.807) is 32.2 Å². The van der Waals surface area contributed by atoms with E-state index in [-0.39, 0.29) is 4.90 Å². The molecule has 0 saturated carbocycles. The maximum absolute atomic E-state index is 12.1. The highest BCUT2D eigenvalue weighted by Gasteiger charge is 2.16. The molecule has 1 N–H and O–H groups in total. The molecule has 0 aliphatic carbocycles. The summed E-state index contributed by atoms with van der Waals surface area (Å²) in [6.07, 6.45) is 0. The SMILES string of the molecule is Cc1cc(NS(=O)(=O)c2ccc(Br)cc2)n(C)n1.